The lowest BCUT2D eigenvalue weighted by Gasteiger charge is -2.22. The molecule has 1 N–H and O–H groups in total. The second-order valence-electron chi connectivity index (χ2n) is 5.09. The maximum Gasteiger partial charge on any atom is 0.127 e. The van der Waals surface area contributed by atoms with Crippen molar-refractivity contribution in [3.8, 4) is 5.75 Å². The fourth-order valence-electron chi connectivity index (χ4n) is 2.46. The fraction of sp³-hybridized carbons (Fsp3) is 0.294. The Labute approximate surface area is 129 Å². The van der Waals surface area contributed by atoms with E-state index in [0.717, 1.165) is 22.4 Å². The molecule has 0 heterocycles. The van der Waals surface area contributed by atoms with Crippen molar-refractivity contribution in [1.82, 2.24) is 5.32 Å². The van der Waals surface area contributed by atoms with Gasteiger partial charge in [-0.05, 0) is 50.2 Å². The van der Waals surface area contributed by atoms with E-state index in [0.29, 0.717) is 10.6 Å². The van der Waals surface area contributed by atoms with Gasteiger partial charge in [0.2, 0.25) is 0 Å². The number of halogens is 2. The molecule has 2 nitrogen and oxygen atoms in total. The number of methoxy groups -OCH3 is 1. The SMILES string of the molecule is CNC(c1cc(C)c(F)cc1Cl)c1cc(C)ccc1OC. The molecular formula is C17H19ClFNO. The van der Waals surface area contributed by atoms with E-state index in [4.69, 9.17) is 16.3 Å². The molecule has 0 fully saturated rings. The van der Waals surface area contributed by atoms with Crippen molar-refractivity contribution in [3.05, 3.63) is 63.4 Å². The third kappa shape index (κ3) is 3.20. The van der Waals surface area contributed by atoms with Crippen LogP contribution in [-0.4, -0.2) is 14.2 Å². The van der Waals surface area contributed by atoms with Gasteiger partial charge in [0, 0.05) is 10.6 Å². The second kappa shape index (κ2) is 6.46. The molecule has 1 unspecified atom stereocenters. The van der Waals surface area contributed by atoms with Gasteiger partial charge in [0.05, 0.1) is 13.2 Å². The number of nitrogens with one attached hydrogen (secondary N) is 1. The van der Waals surface area contributed by atoms with Crippen molar-refractivity contribution < 1.29 is 9.13 Å². The summed E-state index contributed by atoms with van der Waals surface area (Å²) in [6.07, 6.45) is 0. The Kier molecular flexibility index (Phi) is 4.86. The van der Waals surface area contributed by atoms with Crippen LogP contribution in [0.4, 0.5) is 4.39 Å². The smallest absolute Gasteiger partial charge is 0.127 e. The van der Waals surface area contributed by atoms with E-state index in [1.807, 2.05) is 26.1 Å². The molecule has 0 radical (unpaired) electrons. The molecule has 0 aliphatic heterocycles. The lowest BCUT2D eigenvalue weighted by Crippen LogP contribution is -2.19. The van der Waals surface area contributed by atoms with Gasteiger partial charge in [-0.1, -0.05) is 29.3 Å². The molecule has 112 valence electrons. The summed E-state index contributed by atoms with van der Waals surface area (Å²) in [6, 6.07) is 8.95. The van der Waals surface area contributed by atoms with Crippen LogP contribution in [0.5, 0.6) is 5.75 Å². The molecule has 2 aromatic carbocycles. The topological polar surface area (TPSA) is 21.3 Å². The molecule has 2 aromatic rings. The highest BCUT2D eigenvalue weighted by atomic mass is 35.5. The van der Waals surface area contributed by atoms with E-state index in [2.05, 4.69) is 11.4 Å². The monoisotopic (exact) mass is 307 g/mol. The van der Waals surface area contributed by atoms with Crippen LogP contribution in [0, 0.1) is 19.7 Å². The van der Waals surface area contributed by atoms with Crippen LogP contribution in [0.2, 0.25) is 5.02 Å². The number of hydrogen-bond donors (Lipinski definition) is 1. The van der Waals surface area contributed by atoms with E-state index in [1.54, 1.807) is 20.1 Å². The quantitative estimate of drug-likeness (QED) is 0.903. The third-order valence-corrected chi connectivity index (χ3v) is 3.90. The average molecular weight is 308 g/mol. The first-order chi connectivity index (χ1) is 9.97. The Morgan fingerprint density at radius 2 is 1.86 bits per heavy atom. The van der Waals surface area contributed by atoms with Gasteiger partial charge in [-0.25, -0.2) is 4.39 Å². The normalized spacial score (nSPS) is 12.3. The first-order valence-electron chi connectivity index (χ1n) is 6.75. The van der Waals surface area contributed by atoms with Gasteiger partial charge >= 0.3 is 0 Å². The van der Waals surface area contributed by atoms with Crippen LogP contribution in [0.1, 0.15) is 28.3 Å². The summed E-state index contributed by atoms with van der Waals surface area (Å²) in [7, 11) is 3.49. The van der Waals surface area contributed by atoms with Crippen LogP contribution in [0.25, 0.3) is 0 Å². The molecule has 0 aliphatic rings. The lowest BCUT2D eigenvalue weighted by molar-refractivity contribution is 0.405. The van der Waals surface area contributed by atoms with Gasteiger partial charge in [0.1, 0.15) is 11.6 Å². The van der Waals surface area contributed by atoms with Crippen LogP contribution in [0.15, 0.2) is 30.3 Å². The number of ether oxygens (including phenoxy) is 1. The molecule has 0 spiro atoms. The Balaban J connectivity index is 2.59. The summed E-state index contributed by atoms with van der Waals surface area (Å²) in [5.41, 5.74) is 3.51. The van der Waals surface area contributed by atoms with E-state index >= 15 is 0 Å². The van der Waals surface area contributed by atoms with Crippen molar-refractivity contribution in [2.45, 2.75) is 19.9 Å². The lowest BCUT2D eigenvalue weighted by atomic mass is 9.95. The van der Waals surface area contributed by atoms with Gasteiger partial charge in [-0.3, -0.25) is 0 Å². The summed E-state index contributed by atoms with van der Waals surface area (Å²) in [6.45, 7) is 3.75. The minimum absolute atomic E-state index is 0.161. The number of benzene rings is 2. The molecule has 0 amide bonds. The number of aryl methyl sites for hydroxylation is 2. The zero-order valence-corrected chi connectivity index (χ0v) is 13.4. The highest BCUT2D eigenvalue weighted by Gasteiger charge is 2.20. The molecule has 1 atom stereocenters. The maximum absolute atomic E-state index is 13.6. The Morgan fingerprint density at radius 3 is 2.48 bits per heavy atom. The van der Waals surface area contributed by atoms with Gasteiger partial charge in [0.25, 0.3) is 0 Å². The zero-order chi connectivity index (χ0) is 15.6. The zero-order valence-electron chi connectivity index (χ0n) is 12.6. The summed E-state index contributed by atoms with van der Waals surface area (Å²) in [4.78, 5) is 0. The number of hydrogen-bond acceptors (Lipinski definition) is 2. The second-order valence-corrected chi connectivity index (χ2v) is 5.50. The van der Waals surface area contributed by atoms with Gasteiger partial charge in [-0.2, -0.15) is 0 Å². The van der Waals surface area contributed by atoms with E-state index in [-0.39, 0.29) is 11.9 Å². The Morgan fingerprint density at radius 1 is 1.14 bits per heavy atom. The van der Waals surface area contributed by atoms with Gasteiger partial charge < -0.3 is 10.1 Å². The minimum Gasteiger partial charge on any atom is -0.496 e. The molecular weight excluding hydrogens is 289 g/mol. The van der Waals surface area contributed by atoms with Crippen molar-refractivity contribution in [1.29, 1.82) is 0 Å². The first-order valence-corrected chi connectivity index (χ1v) is 7.13. The van der Waals surface area contributed by atoms with E-state index in [1.165, 1.54) is 6.07 Å². The summed E-state index contributed by atoms with van der Waals surface area (Å²) in [5.74, 6) is 0.479. The third-order valence-electron chi connectivity index (χ3n) is 3.57. The standard InChI is InChI=1S/C17H19ClFNO/c1-10-5-6-16(21-4)13(7-10)17(20-3)12-8-11(2)15(19)9-14(12)18/h5-9,17,20H,1-4H3. The predicted octanol–water partition coefficient (Wildman–Crippen LogP) is 4.41. The fourth-order valence-corrected chi connectivity index (χ4v) is 2.72. The Bertz CT molecular complexity index is 657. The van der Waals surface area contributed by atoms with Crippen molar-refractivity contribution in [2.24, 2.45) is 0 Å². The van der Waals surface area contributed by atoms with E-state index < -0.39 is 0 Å². The molecule has 4 heteroatoms. The molecule has 0 saturated heterocycles. The van der Waals surface area contributed by atoms with Crippen LogP contribution in [-0.2, 0) is 0 Å². The predicted molar refractivity (Wildman–Crippen MR) is 84.8 cm³/mol. The molecule has 0 aromatic heterocycles. The maximum atomic E-state index is 13.6. The highest BCUT2D eigenvalue weighted by molar-refractivity contribution is 6.31. The average Bonchev–Trinajstić information content (AvgIpc) is 2.45. The molecule has 0 aliphatic carbocycles. The molecule has 2 rings (SSSR count). The van der Waals surface area contributed by atoms with Gasteiger partial charge in [-0.15, -0.1) is 0 Å². The Hall–Kier alpha value is -1.58. The summed E-state index contributed by atoms with van der Waals surface area (Å²) < 4.78 is 19.1. The largest absolute Gasteiger partial charge is 0.496 e. The van der Waals surface area contributed by atoms with Crippen LogP contribution in [0.3, 0.4) is 0 Å². The summed E-state index contributed by atoms with van der Waals surface area (Å²) in [5, 5.41) is 3.64. The van der Waals surface area contributed by atoms with E-state index in [9.17, 15) is 4.39 Å². The van der Waals surface area contributed by atoms with Crippen LogP contribution >= 0.6 is 11.6 Å². The molecule has 21 heavy (non-hydrogen) atoms. The van der Waals surface area contributed by atoms with Crippen molar-refractivity contribution >= 4 is 11.6 Å². The highest BCUT2D eigenvalue weighted by Crippen LogP contribution is 2.35. The first kappa shape index (κ1) is 15.8. The van der Waals surface area contributed by atoms with Gasteiger partial charge in [0.15, 0.2) is 0 Å². The molecule has 0 bridgehead atoms. The van der Waals surface area contributed by atoms with Crippen LogP contribution < -0.4 is 10.1 Å². The van der Waals surface area contributed by atoms with Crippen molar-refractivity contribution in [3.63, 3.8) is 0 Å². The summed E-state index contributed by atoms with van der Waals surface area (Å²) >= 11 is 6.24. The number of rotatable bonds is 4. The minimum atomic E-state index is -0.296. The van der Waals surface area contributed by atoms with Crippen molar-refractivity contribution in [2.75, 3.05) is 14.2 Å². The molecule has 0 saturated carbocycles.